The second-order valence-electron chi connectivity index (χ2n) is 5.40. The Labute approximate surface area is 146 Å². The lowest BCUT2D eigenvalue weighted by Crippen LogP contribution is -2.05. The molecule has 9 heteroatoms. The molecule has 0 saturated carbocycles. The van der Waals surface area contributed by atoms with Gasteiger partial charge in [-0.1, -0.05) is 5.16 Å². The van der Waals surface area contributed by atoms with Crippen molar-refractivity contribution in [3.8, 4) is 17.4 Å². The van der Waals surface area contributed by atoms with Crippen LogP contribution in [0.15, 0.2) is 47.1 Å². The van der Waals surface area contributed by atoms with Crippen LogP contribution in [-0.2, 0) is 6.18 Å². The van der Waals surface area contributed by atoms with Crippen molar-refractivity contribution in [3.63, 3.8) is 0 Å². The summed E-state index contributed by atoms with van der Waals surface area (Å²) in [7, 11) is 0. The van der Waals surface area contributed by atoms with E-state index in [9.17, 15) is 13.2 Å². The van der Waals surface area contributed by atoms with E-state index in [0.29, 0.717) is 23.2 Å². The third-order valence-electron chi connectivity index (χ3n) is 3.31. The molecule has 136 valence electrons. The quantitative estimate of drug-likeness (QED) is 0.651. The van der Waals surface area contributed by atoms with Gasteiger partial charge in [0.2, 0.25) is 5.88 Å². The molecular formula is C17H14F3N3O3. The van der Waals surface area contributed by atoms with Gasteiger partial charge in [-0.15, -0.1) is 0 Å². The normalized spacial score (nSPS) is 12.7. The van der Waals surface area contributed by atoms with Gasteiger partial charge in [0.05, 0.1) is 5.56 Å². The van der Waals surface area contributed by atoms with Gasteiger partial charge in [-0.25, -0.2) is 4.98 Å². The van der Waals surface area contributed by atoms with Gasteiger partial charge in [0.15, 0.2) is 11.9 Å². The Morgan fingerprint density at radius 2 is 1.73 bits per heavy atom. The van der Waals surface area contributed by atoms with Gasteiger partial charge in [0, 0.05) is 12.3 Å². The van der Waals surface area contributed by atoms with E-state index in [1.165, 1.54) is 0 Å². The van der Waals surface area contributed by atoms with Crippen molar-refractivity contribution in [2.24, 2.45) is 0 Å². The highest BCUT2D eigenvalue weighted by Gasteiger charge is 2.30. The molecule has 6 nitrogen and oxygen atoms in total. The highest BCUT2D eigenvalue weighted by atomic mass is 19.4. The number of benzene rings is 1. The SMILES string of the molecule is Cc1noc(C(C)Oc2ccc(Oc3ccc(C(F)(F)F)cn3)cc2)n1. The standard InChI is InChI=1S/C17H14F3N3O3/c1-10(16-22-11(2)23-26-16)24-13-4-6-14(7-5-13)25-15-8-3-12(9-21-15)17(18,19)20/h3-10H,1-2H3. The molecule has 0 aliphatic heterocycles. The summed E-state index contributed by atoms with van der Waals surface area (Å²) in [6.07, 6.45) is -4.14. The minimum Gasteiger partial charge on any atom is -0.481 e. The highest BCUT2D eigenvalue weighted by molar-refractivity contribution is 5.34. The van der Waals surface area contributed by atoms with Crippen LogP contribution in [0.1, 0.15) is 30.3 Å². The predicted molar refractivity (Wildman–Crippen MR) is 83.8 cm³/mol. The third-order valence-corrected chi connectivity index (χ3v) is 3.31. The van der Waals surface area contributed by atoms with Crippen LogP contribution in [0.5, 0.6) is 17.4 Å². The van der Waals surface area contributed by atoms with Gasteiger partial charge in [0.1, 0.15) is 11.5 Å². The van der Waals surface area contributed by atoms with Crippen molar-refractivity contribution in [1.29, 1.82) is 0 Å². The molecule has 0 saturated heterocycles. The number of aromatic nitrogens is 3. The average molecular weight is 365 g/mol. The van der Waals surface area contributed by atoms with E-state index >= 15 is 0 Å². The highest BCUT2D eigenvalue weighted by Crippen LogP contribution is 2.30. The van der Waals surface area contributed by atoms with E-state index in [0.717, 1.165) is 18.3 Å². The van der Waals surface area contributed by atoms with Crippen molar-refractivity contribution < 1.29 is 27.2 Å². The molecule has 3 rings (SSSR count). The van der Waals surface area contributed by atoms with E-state index in [1.54, 1.807) is 38.1 Å². The largest absolute Gasteiger partial charge is 0.481 e. The van der Waals surface area contributed by atoms with Crippen LogP contribution in [-0.4, -0.2) is 15.1 Å². The lowest BCUT2D eigenvalue weighted by atomic mass is 10.3. The molecule has 0 spiro atoms. The summed E-state index contributed by atoms with van der Waals surface area (Å²) >= 11 is 0. The molecule has 26 heavy (non-hydrogen) atoms. The first-order chi connectivity index (χ1) is 12.3. The first-order valence-electron chi connectivity index (χ1n) is 7.59. The van der Waals surface area contributed by atoms with E-state index in [2.05, 4.69) is 15.1 Å². The number of alkyl halides is 3. The Morgan fingerprint density at radius 1 is 1.04 bits per heavy atom. The fourth-order valence-electron chi connectivity index (χ4n) is 2.05. The van der Waals surface area contributed by atoms with E-state index in [4.69, 9.17) is 14.0 Å². The van der Waals surface area contributed by atoms with E-state index in [1.807, 2.05) is 0 Å². The Bertz CT molecular complexity index is 861. The molecule has 2 aromatic heterocycles. The molecular weight excluding hydrogens is 351 g/mol. The molecule has 0 radical (unpaired) electrons. The first-order valence-corrected chi connectivity index (χ1v) is 7.59. The Kier molecular flexibility index (Phi) is 4.79. The number of hydrogen-bond donors (Lipinski definition) is 0. The van der Waals surface area contributed by atoms with E-state index < -0.39 is 17.8 Å². The predicted octanol–water partition coefficient (Wildman–Crippen LogP) is 4.72. The summed E-state index contributed by atoms with van der Waals surface area (Å²) in [5, 5.41) is 3.70. The molecule has 1 atom stereocenters. The number of halogens is 3. The van der Waals surface area contributed by atoms with Gasteiger partial charge in [-0.05, 0) is 44.2 Å². The van der Waals surface area contributed by atoms with Crippen LogP contribution in [0.25, 0.3) is 0 Å². The number of ether oxygens (including phenoxy) is 2. The Morgan fingerprint density at radius 3 is 2.27 bits per heavy atom. The minimum absolute atomic E-state index is 0.0568. The third kappa shape index (κ3) is 4.29. The zero-order valence-corrected chi connectivity index (χ0v) is 13.8. The molecule has 0 N–H and O–H groups in total. The van der Waals surface area contributed by atoms with Crippen molar-refractivity contribution >= 4 is 0 Å². The van der Waals surface area contributed by atoms with Crippen LogP contribution in [0, 0.1) is 6.92 Å². The number of nitrogens with zero attached hydrogens (tertiary/aromatic N) is 3. The lowest BCUT2D eigenvalue weighted by Gasteiger charge is -2.11. The fraction of sp³-hybridized carbons (Fsp3) is 0.235. The zero-order valence-electron chi connectivity index (χ0n) is 13.8. The number of rotatable bonds is 5. The van der Waals surface area contributed by atoms with Gasteiger partial charge in [0.25, 0.3) is 5.89 Å². The molecule has 0 bridgehead atoms. The average Bonchev–Trinajstić information content (AvgIpc) is 3.03. The van der Waals surface area contributed by atoms with Crippen molar-refractivity contribution in [3.05, 3.63) is 59.9 Å². The van der Waals surface area contributed by atoms with Crippen molar-refractivity contribution in [1.82, 2.24) is 15.1 Å². The summed E-state index contributed by atoms with van der Waals surface area (Å²) in [5.74, 6) is 1.88. The molecule has 0 amide bonds. The van der Waals surface area contributed by atoms with Crippen LogP contribution in [0.2, 0.25) is 0 Å². The molecule has 0 fully saturated rings. The first kappa shape index (κ1) is 17.7. The molecule has 0 aliphatic carbocycles. The molecule has 1 aromatic carbocycles. The second-order valence-corrected chi connectivity index (χ2v) is 5.40. The molecule has 0 aliphatic rings. The van der Waals surface area contributed by atoms with Crippen LogP contribution < -0.4 is 9.47 Å². The number of pyridine rings is 1. The summed E-state index contributed by atoms with van der Waals surface area (Å²) in [4.78, 5) is 7.74. The van der Waals surface area contributed by atoms with Crippen LogP contribution in [0.3, 0.4) is 0 Å². The smallest absolute Gasteiger partial charge is 0.417 e. The van der Waals surface area contributed by atoms with Crippen LogP contribution >= 0.6 is 0 Å². The molecule has 3 aromatic rings. The van der Waals surface area contributed by atoms with E-state index in [-0.39, 0.29) is 5.88 Å². The van der Waals surface area contributed by atoms with Gasteiger partial charge < -0.3 is 14.0 Å². The zero-order chi connectivity index (χ0) is 18.7. The van der Waals surface area contributed by atoms with Gasteiger partial charge in [-0.2, -0.15) is 18.2 Å². The van der Waals surface area contributed by atoms with Gasteiger partial charge in [-0.3, -0.25) is 0 Å². The van der Waals surface area contributed by atoms with Crippen LogP contribution in [0.4, 0.5) is 13.2 Å². The number of hydrogen-bond acceptors (Lipinski definition) is 6. The summed E-state index contributed by atoms with van der Waals surface area (Å²) < 4.78 is 53.7. The fourth-order valence-corrected chi connectivity index (χ4v) is 2.05. The summed E-state index contributed by atoms with van der Waals surface area (Å²) in [5.41, 5.74) is -0.834. The monoisotopic (exact) mass is 365 g/mol. The summed E-state index contributed by atoms with van der Waals surface area (Å²) in [6, 6.07) is 8.60. The minimum atomic E-state index is -4.43. The maximum atomic E-state index is 12.5. The Balaban J connectivity index is 1.62. The van der Waals surface area contributed by atoms with Crippen molar-refractivity contribution in [2.75, 3.05) is 0 Å². The topological polar surface area (TPSA) is 70.3 Å². The Hall–Kier alpha value is -3.10. The lowest BCUT2D eigenvalue weighted by molar-refractivity contribution is -0.137. The summed E-state index contributed by atoms with van der Waals surface area (Å²) in [6.45, 7) is 3.48. The van der Waals surface area contributed by atoms with Crippen molar-refractivity contribution in [2.45, 2.75) is 26.1 Å². The number of aryl methyl sites for hydroxylation is 1. The maximum absolute atomic E-state index is 12.5. The second kappa shape index (κ2) is 7.03. The maximum Gasteiger partial charge on any atom is 0.417 e. The van der Waals surface area contributed by atoms with Gasteiger partial charge >= 0.3 is 6.18 Å². The molecule has 1 unspecified atom stereocenters. The molecule has 2 heterocycles.